The molecule has 8 N–H and O–H groups in total. The molecular weight excluding hydrogens is 568 g/mol. The van der Waals surface area contributed by atoms with Crippen molar-refractivity contribution in [2.24, 2.45) is 45.7 Å². The molecule has 8 heteroatoms. The molecule has 2 unspecified atom stereocenters. The number of ether oxygens (including phenoxy) is 1. The molecule has 0 aromatic heterocycles. The Bertz CT molecular complexity index is 1190. The molecule has 45 heavy (non-hydrogen) atoms. The summed E-state index contributed by atoms with van der Waals surface area (Å²) in [5.41, 5.74) is 2.28. The Morgan fingerprint density at radius 2 is 1.73 bits per heavy atom. The molecule has 0 amide bonds. The Balaban J connectivity index is 1.24. The number of aliphatic hydroxyl groups is 4. The van der Waals surface area contributed by atoms with Crippen LogP contribution in [0.15, 0.2) is 11.6 Å². The fourth-order valence-corrected chi connectivity index (χ4v) is 11.6. The van der Waals surface area contributed by atoms with Crippen LogP contribution >= 0.6 is 0 Å². The van der Waals surface area contributed by atoms with Gasteiger partial charge in [0.15, 0.2) is 5.78 Å². The van der Waals surface area contributed by atoms with Gasteiger partial charge in [-0.2, -0.15) is 0 Å². The summed E-state index contributed by atoms with van der Waals surface area (Å²) in [7, 11) is 0. The minimum absolute atomic E-state index is 0.0460. The molecule has 5 fully saturated rings. The highest BCUT2D eigenvalue weighted by Crippen LogP contribution is 2.70. The first-order valence-corrected chi connectivity index (χ1v) is 18.3. The minimum Gasteiger partial charge on any atom is -0.393 e. The highest BCUT2D eigenvalue weighted by molar-refractivity contribution is 5.95. The SMILES string of the molecule is CCC[C@](O)([C@@H]1O[C@@H]1[C@](C)(O)C(C)(C)CCC1CC[NH2+]C(N)C1)[C@@H]1CC[C@]2(O)C3=CC(=O)[C@H]4C[C@@H](O)CC[C@]4(C)[C@@H]3CC[C@]12C. The first-order valence-electron chi connectivity index (χ1n) is 18.3. The van der Waals surface area contributed by atoms with Crippen LogP contribution in [0.25, 0.3) is 0 Å². The summed E-state index contributed by atoms with van der Waals surface area (Å²) < 4.78 is 6.39. The van der Waals surface area contributed by atoms with E-state index in [4.69, 9.17) is 10.5 Å². The first kappa shape index (κ1) is 34.0. The maximum absolute atomic E-state index is 13.6. The minimum atomic E-state index is -1.20. The fourth-order valence-electron chi connectivity index (χ4n) is 11.6. The lowest BCUT2D eigenvalue weighted by molar-refractivity contribution is -0.699. The molecule has 0 aromatic carbocycles. The van der Waals surface area contributed by atoms with E-state index in [1.54, 1.807) is 6.08 Å². The lowest BCUT2D eigenvalue weighted by Crippen LogP contribution is -2.94. The van der Waals surface area contributed by atoms with E-state index >= 15 is 0 Å². The molecule has 256 valence electrons. The number of fused-ring (bicyclic) bond motifs is 5. The zero-order valence-corrected chi connectivity index (χ0v) is 28.9. The number of piperidine rings is 1. The molecule has 4 aliphatic carbocycles. The second kappa shape index (κ2) is 11.3. The highest BCUT2D eigenvalue weighted by atomic mass is 16.6. The van der Waals surface area contributed by atoms with Gasteiger partial charge in [-0.25, -0.2) is 0 Å². The van der Waals surface area contributed by atoms with Crippen LogP contribution in [-0.2, 0) is 9.53 Å². The van der Waals surface area contributed by atoms with E-state index in [1.807, 2.05) is 6.92 Å². The predicted octanol–water partition coefficient (Wildman–Crippen LogP) is 3.33. The van der Waals surface area contributed by atoms with Gasteiger partial charge in [0.1, 0.15) is 18.4 Å². The van der Waals surface area contributed by atoms with E-state index < -0.39 is 45.9 Å². The molecule has 0 spiro atoms. The van der Waals surface area contributed by atoms with E-state index in [1.165, 1.54) is 0 Å². The molecule has 8 nitrogen and oxygen atoms in total. The summed E-state index contributed by atoms with van der Waals surface area (Å²) in [5.74, 6) is 0.295. The van der Waals surface area contributed by atoms with Gasteiger partial charge in [0.25, 0.3) is 0 Å². The third kappa shape index (κ3) is 5.14. The van der Waals surface area contributed by atoms with Crippen molar-refractivity contribution in [2.45, 2.75) is 166 Å². The normalized spacial score (nSPS) is 47.5. The molecule has 0 aromatic rings. The number of nitrogens with two attached hydrogens (primary N) is 2. The van der Waals surface area contributed by atoms with E-state index in [2.05, 4.69) is 39.9 Å². The van der Waals surface area contributed by atoms with Gasteiger partial charge >= 0.3 is 0 Å². The Morgan fingerprint density at radius 1 is 1.00 bits per heavy atom. The van der Waals surface area contributed by atoms with Gasteiger partial charge in [-0.3, -0.25) is 10.5 Å². The summed E-state index contributed by atoms with van der Waals surface area (Å²) in [6.45, 7) is 13.6. The van der Waals surface area contributed by atoms with Gasteiger partial charge in [0.2, 0.25) is 0 Å². The second-order valence-corrected chi connectivity index (χ2v) is 17.8. The third-order valence-corrected chi connectivity index (χ3v) is 15.1. The molecular formula is C37H63N2O6+. The van der Waals surface area contributed by atoms with Crippen LogP contribution in [-0.4, -0.2) is 74.0 Å². The summed E-state index contributed by atoms with van der Waals surface area (Å²) in [5, 5.41) is 50.2. The van der Waals surface area contributed by atoms with Crippen molar-refractivity contribution in [1.29, 1.82) is 0 Å². The maximum Gasteiger partial charge on any atom is 0.159 e. The Hall–Kier alpha value is -0.870. The number of quaternary nitrogens is 1. The summed E-state index contributed by atoms with van der Waals surface area (Å²) >= 11 is 0. The van der Waals surface area contributed by atoms with E-state index in [0.29, 0.717) is 38.0 Å². The average Bonchev–Trinajstić information content (AvgIpc) is 3.74. The molecule has 0 bridgehead atoms. The van der Waals surface area contributed by atoms with Crippen LogP contribution in [0.1, 0.15) is 125 Å². The van der Waals surface area contributed by atoms with E-state index in [0.717, 1.165) is 63.5 Å². The van der Waals surface area contributed by atoms with Crippen molar-refractivity contribution in [2.75, 3.05) is 6.54 Å². The lowest BCUT2D eigenvalue weighted by atomic mass is 9.45. The molecule has 2 aliphatic heterocycles. The van der Waals surface area contributed by atoms with E-state index in [-0.39, 0.29) is 35.1 Å². The van der Waals surface area contributed by atoms with Crippen molar-refractivity contribution in [1.82, 2.24) is 0 Å². The Labute approximate surface area is 270 Å². The standard InChI is InChI=1S/C37H62N2O6/c1-7-13-36(43,31-30(45-31)35(6,42)32(2,3)14-8-22-12-18-39-29(38)19-22)28-11-17-37(44)25-21-27(41)26-20-23(40)9-15-33(26,4)24(25)10-16-34(28,37)5/h21-24,26,28-31,39-40,42-44H,7-20,38H2,1-6H3/p+1/t22?,23-,24+,26+,28+,29?,30-,31+,33+,34+,35-,36+,37-/m0/s1. The number of carbonyl (C=O) groups is 1. The first-order chi connectivity index (χ1) is 20.9. The molecule has 6 rings (SSSR count). The van der Waals surface area contributed by atoms with Crippen molar-refractivity contribution in [3.63, 3.8) is 0 Å². The number of rotatable bonds is 9. The number of allylic oxidation sites excluding steroid dienone is 1. The number of aliphatic hydroxyl groups excluding tert-OH is 1. The maximum atomic E-state index is 13.6. The Morgan fingerprint density at radius 3 is 2.42 bits per heavy atom. The van der Waals surface area contributed by atoms with Crippen molar-refractivity contribution < 1.29 is 35.3 Å². The monoisotopic (exact) mass is 631 g/mol. The van der Waals surface area contributed by atoms with Crippen molar-refractivity contribution in [3.8, 4) is 0 Å². The Kier molecular flexibility index (Phi) is 8.58. The van der Waals surface area contributed by atoms with Gasteiger partial charge < -0.3 is 30.5 Å². The van der Waals surface area contributed by atoms with Gasteiger partial charge in [0, 0.05) is 17.8 Å². The zero-order chi connectivity index (χ0) is 32.8. The number of carbonyl (C=O) groups excluding carboxylic acids is 1. The molecule has 2 saturated heterocycles. The lowest BCUT2D eigenvalue weighted by Gasteiger charge is -2.60. The molecule has 3 saturated carbocycles. The molecule has 6 aliphatic rings. The third-order valence-electron chi connectivity index (χ3n) is 15.1. The number of hydrogen-bond donors (Lipinski definition) is 6. The van der Waals surface area contributed by atoms with Crippen LogP contribution in [0, 0.1) is 39.9 Å². The second-order valence-electron chi connectivity index (χ2n) is 17.8. The molecule has 2 heterocycles. The van der Waals surface area contributed by atoms with Gasteiger partial charge in [0.05, 0.1) is 29.5 Å². The van der Waals surface area contributed by atoms with E-state index in [9.17, 15) is 25.2 Å². The highest BCUT2D eigenvalue weighted by Gasteiger charge is 2.73. The predicted molar refractivity (Wildman–Crippen MR) is 173 cm³/mol. The van der Waals surface area contributed by atoms with Gasteiger partial charge in [-0.05, 0) is 118 Å². The topological polar surface area (TPSA) is 153 Å². The summed E-state index contributed by atoms with van der Waals surface area (Å²) in [6, 6.07) is 0. The van der Waals surface area contributed by atoms with Crippen LogP contribution in [0.4, 0.5) is 0 Å². The molecule has 0 radical (unpaired) electrons. The van der Waals surface area contributed by atoms with Gasteiger partial charge in [-0.1, -0.05) is 41.0 Å². The number of epoxide rings is 1. The summed E-state index contributed by atoms with van der Waals surface area (Å²) in [6.07, 6.45) is 10.6. The molecule has 13 atom stereocenters. The number of hydrogen-bond acceptors (Lipinski definition) is 7. The van der Waals surface area contributed by atoms with Crippen LogP contribution in [0.5, 0.6) is 0 Å². The number of ketones is 1. The summed E-state index contributed by atoms with van der Waals surface area (Å²) in [4.78, 5) is 13.6. The van der Waals surface area contributed by atoms with Crippen LogP contribution in [0.2, 0.25) is 0 Å². The smallest absolute Gasteiger partial charge is 0.159 e. The van der Waals surface area contributed by atoms with Crippen molar-refractivity contribution in [3.05, 3.63) is 11.6 Å². The van der Waals surface area contributed by atoms with Gasteiger partial charge in [-0.15, -0.1) is 0 Å². The quantitative estimate of drug-likeness (QED) is 0.214. The zero-order valence-electron chi connectivity index (χ0n) is 28.9. The average molecular weight is 632 g/mol. The van der Waals surface area contributed by atoms with Crippen molar-refractivity contribution >= 4 is 5.78 Å². The van der Waals surface area contributed by atoms with Crippen LogP contribution < -0.4 is 11.1 Å². The fraction of sp³-hybridized carbons (Fsp3) is 0.919. The largest absolute Gasteiger partial charge is 0.393 e. The van der Waals surface area contributed by atoms with Crippen LogP contribution in [0.3, 0.4) is 0 Å².